The van der Waals surface area contributed by atoms with Gasteiger partial charge in [0.15, 0.2) is 0 Å². The summed E-state index contributed by atoms with van der Waals surface area (Å²) in [5.41, 5.74) is 3.05. The number of rotatable bonds is 6. The van der Waals surface area contributed by atoms with E-state index in [0.29, 0.717) is 21.9 Å². The minimum atomic E-state index is -0.441. The van der Waals surface area contributed by atoms with E-state index in [1.807, 2.05) is 6.07 Å². The first-order valence-corrected chi connectivity index (χ1v) is 10.3. The number of benzene rings is 2. The van der Waals surface area contributed by atoms with Crippen LogP contribution in [0, 0.1) is 0 Å². The van der Waals surface area contributed by atoms with Crippen molar-refractivity contribution >= 4 is 29.4 Å². The summed E-state index contributed by atoms with van der Waals surface area (Å²) >= 11 is 6.15. The molecule has 6 nitrogen and oxygen atoms in total. The molecule has 1 amide bonds. The molecule has 0 fully saturated rings. The maximum atomic E-state index is 13.1. The third-order valence-electron chi connectivity index (χ3n) is 5.29. The molecule has 0 radical (unpaired) electrons. The highest BCUT2D eigenvalue weighted by Crippen LogP contribution is 2.38. The average Bonchev–Trinajstić information content (AvgIpc) is 2.76. The van der Waals surface area contributed by atoms with E-state index in [9.17, 15) is 14.4 Å². The van der Waals surface area contributed by atoms with E-state index in [2.05, 4.69) is 0 Å². The molecule has 0 saturated heterocycles. The van der Waals surface area contributed by atoms with E-state index in [1.165, 1.54) is 7.11 Å². The lowest BCUT2D eigenvalue weighted by atomic mass is 9.83. The van der Waals surface area contributed by atoms with Gasteiger partial charge in [0.25, 0.3) is 0 Å². The maximum Gasteiger partial charge on any atom is 0.337 e. The van der Waals surface area contributed by atoms with Gasteiger partial charge in [-0.2, -0.15) is 0 Å². The van der Waals surface area contributed by atoms with Crippen LogP contribution in [0.15, 0.2) is 59.8 Å². The van der Waals surface area contributed by atoms with Gasteiger partial charge in [-0.3, -0.25) is 4.79 Å². The highest BCUT2D eigenvalue weighted by atomic mass is 35.5. The molecular formula is C24H24ClNO5. The number of hydrogen-bond donors (Lipinski definition) is 0. The van der Waals surface area contributed by atoms with Crippen LogP contribution in [-0.4, -0.2) is 36.5 Å². The van der Waals surface area contributed by atoms with Gasteiger partial charge >= 0.3 is 11.9 Å². The average molecular weight is 442 g/mol. The zero-order valence-corrected chi connectivity index (χ0v) is 18.4. The molecule has 2 aromatic carbocycles. The zero-order valence-electron chi connectivity index (χ0n) is 17.7. The number of esters is 2. The Morgan fingerprint density at radius 3 is 2.45 bits per heavy atom. The van der Waals surface area contributed by atoms with Gasteiger partial charge in [0.2, 0.25) is 5.91 Å². The van der Waals surface area contributed by atoms with Crippen molar-refractivity contribution in [3.05, 3.63) is 81.5 Å². The van der Waals surface area contributed by atoms with Crippen LogP contribution in [0.5, 0.6) is 0 Å². The second-order valence-electron chi connectivity index (χ2n) is 7.20. The summed E-state index contributed by atoms with van der Waals surface area (Å²) in [5.74, 6) is -1.40. The van der Waals surface area contributed by atoms with Gasteiger partial charge in [0, 0.05) is 23.1 Å². The standard InChI is InChI=1S/C24H24ClNO5/c1-4-31-24(29)22-15(2)26(14-16-8-10-17(11-9-16)23(28)30-3)21(27)13-20(22)18-6-5-7-19(25)12-18/h5-12,20H,4,13-14H2,1-3H3. The first kappa shape index (κ1) is 22.6. The minimum Gasteiger partial charge on any atom is -0.465 e. The Labute approximate surface area is 186 Å². The minimum absolute atomic E-state index is 0.104. The van der Waals surface area contributed by atoms with Crippen molar-refractivity contribution in [3.63, 3.8) is 0 Å². The number of nitrogens with zero attached hydrogens (tertiary/aromatic N) is 1. The van der Waals surface area contributed by atoms with Gasteiger partial charge in [-0.05, 0) is 49.2 Å². The van der Waals surface area contributed by atoms with Crippen molar-refractivity contribution in [2.75, 3.05) is 13.7 Å². The molecule has 0 bridgehead atoms. The normalized spacial score (nSPS) is 16.3. The highest BCUT2D eigenvalue weighted by Gasteiger charge is 2.37. The van der Waals surface area contributed by atoms with Crippen molar-refractivity contribution < 1.29 is 23.9 Å². The van der Waals surface area contributed by atoms with Gasteiger partial charge < -0.3 is 14.4 Å². The number of carbonyl (C=O) groups excluding carboxylic acids is 3. The van der Waals surface area contributed by atoms with Gasteiger partial charge in [0.05, 0.1) is 31.4 Å². The predicted molar refractivity (Wildman–Crippen MR) is 116 cm³/mol. The van der Waals surface area contributed by atoms with Crippen LogP contribution in [0.3, 0.4) is 0 Å². The van der Waals surface area contributed by atoms with Crippen LogP contribution in [-0.2, 0) is 25.6 Å². The summed E-state index contributed by atoms with van der Waals surface area (Å²) in [5, 5.41) is 0.541. The molecule has 1 heterocycles. The third kappa shape index (κ3) is 4.97. The van der Waals surface area contributed by atoms with Gasteiger partial charge in [0.1, 0.15) is 0 Å². The number of ether oxygens (including phenoxy) is 2. The second-order valence-corrected chi connectivity index (χ2v) is 7.64. The number of amides is 1. The van der Waals surface area contributed by atoms with E-state index in [4.69, 9.17) is 21.1 Å². The Hall–Kier alpha value is -3.12. The molecule has 3 rings (SSSR count). The highest BCUT2D eigenvalue weighted by molar-refractivity contribution is 6.30. The van der Waals surface area contributed by atoms with Crippen LogP contribution >= 0.6 is 11.6 Å². The van der Waals surface area contributed by atoms with Gasteiger partial charge in [-0.25, -0.2) is 9.59 Å². The fourth-order valence-electron chi connectivity index (χ4n) is 3.73. The zero-order chi connectivity index (χ0) is 22.5. The van der Waals surface area contributed by atoms with Gasteiger partial charge in [-0.15, -0.1) is 0 Å². The van der Waals surface area contributed by atoms with E-state index in [-0.39, 0.29) is 25.5 Å². The molecule has 1 unspecified atom stereocenters. The van der Waals surface area contributed by atoms with Crippen molar-refractivity contribution in [2.45, 2.75) is 32.7 Å². The molecule has 0 saturated carbocycles. The largest absolute Gasteiger partial charge is 0.465 e. The molecule has 0 N–H and O–H groups in total. The first-order valence-electron chi connectivity index (χ1n) is 9.96. The van der Waals surface area contributed by atoms with Crippen molar-refractivity contribution in [1.29, 1.82) is 0 Å². The molecule has 31 heavy (non-hydrogen) atoms. The van der Waals surface area contributed by atoms with Crippen LogP contribution in [0.25, 0.3) is 0 Å². The summed E-state index contributed by atoms with van der Waals surface area (Å²) in [7, 11) is 1.32. The number of hydrogen-bond acceptors (Lipinski definition) is 5. The maximum absolute atomic E-state index is 13.1. The lowest BCUT2D eigenvalue weighted by Gasteiger charge is -2.34. The summed E-state index contributed by atoms with van der Waals surface area (Å²) in [6, 6.07) is 14.0. The Kier molecular flexibility index (Phi) is 7.13. The van der Waals surface area contributed by atoms with Crippen molar-refractivity contribution in [1.82, 2.24) is 4.90 Å². The lowest BCUT2D eigenvalue weighted by molar-refractivity contribution is -0.140. The fourth-order valence-corrected chi connectivity index (χ4v) is 3.93. The van der Waals surface area contributed by atoms with Gasteiger partial charge in [-0.1, -0.05) is 35.9 Å². The summed E-state index contributed by atoms with van der Waals surface area (Å²) in [6.45, 7) is 4.01. The molecule has 1 atom stereocenters. The second kappa shape index (κ2) is 9.79. The van der Waals surface area contributed by atoms with Crippen LogP contribution in [0.1, 0.15) is 47.7 Å². The van der Waals surface area contributed by atoms with Crippen LogP contribution < -0.4 is 0 Å². The monoisotopic (exact) mass is 441 g/mol. The number of allylic oxidation sites excluding steroid dienone is 1. The van der Waals surface area contributed by atoms with Crippen LogP contribution in [0.4, 0.5) is 0 Å². The van der Waals surface area contributed by atoms with E-state index in [1.54, 1.807) is 61.2 Å². The van der Waals surface area contributed by atoms with Crippen molar-refractivity contribution in [3.8, 4) is 0 Å². The molecule has 162 valence electrons. The van der Waals surface area contributed by atoms with E-state index < -0.39 is 17.9 Å². The SMILES string of the molecule is CCOC(=O)C1=C(C)N(Cc2ccc(C(=O)OC)cc2)C(=O)CC1c1cccc(Cl)c1. The quantitative estimate of drug-likeness (QED) is 0.618. The Morgan fingerprint density at radius 2 is 1.84 bits per heavy atom. The number of halogens is 1. The number of methoxy groups -OCH3 is 1. The van der Waals surface area contributed by atoms with E-state index >= 15 is 0 Å². The predicted octanol–water partition coefficient (Wildman–Crippen LogP) is 4.48. The third-order valence-corrected chi connectivity index (χ3v) is 5.52. The molecule has 0 aliphatic carbocycles. The van der Waals surface area contributed by atoms with E-state index in [0.717, 1.165) is 11.1 Å². The summed E-state index contributed by atoms with van der Waals surface area (Å²) in [6.07, 6.45) is 0.131. The smallest absolute Gasteiger partial charge is 0.337 e. The topological polar surface area (TPSA) is 72.9 Å². The van der Waals surface area contributed by atoms with Crippen LogP contribution in [0.2, 0.25) is 5.02 Å². The molecular weight excluding hydrogens is 418 g/mol. The molecule has 0 aromatic heterocycles. The molecule has 7 heteroatoms. The molecule has 0 spiro atoms. The Bertz CT molecular complexity index is 1030. The summed E-state index contributed by atoms with van der Waals surface area (Å²) in [4.78, 5) is 39.1. The first-order chi connectivity index (χ1) is 14.8. The lowest BCUT2D eigenvalue weighted by Crippen LogP contribution is -2.38. The Morgan fingerprint density at radius 1 is 1.13 bits per heavy atom. The fraction of sp³-hybridized carbons (Fsp3) is 0.292. The van der Waals surface area contributed by atoms with Crippen molar-refractivity contribution in [2.24, 2.45) is 0 Å². The molecule has 1 aliphatic rings. The number of carbonyl (C=O) groups is 3. The summed E-state index contributed by atoms with van der Waals surface area (Å²) < 4.78 is 10.0. The molecule has 2 aromatic rings. The Balaban J connectivity index is 1.96. The molecule has 1 aliphatic heterocycles.